The number of amides is 1. The molecule has 7 heteroatoms. The summed E-state index contributed by atoms with van der Waals surface area (Å²) in [4.78, 5) is 17.7. The van der Waals surface area contributed by atoms with E-state index in [1.165, 1.54) is 12.1 Å². The molecule has 0 aliphatic carbocycles. The molecule has 0 unspecified atom stereocenters. The lowest BCUT2D eigenvalue weighted by Crippen LogP contribution is -2.44. The lowest BCUT2D eigenvalue weighted by molar-refractivity contribution is -0.125. The smallest absolute Gasteiger partial charge is 0.235 e. The first kappa shape index (κ1) is 18.3. The highest BCUT2D eigenvalue weighted by atomic mass is 19.1. The van der Waals surface area contributed by atoms with Gasteiger partial charge >= 0.3 is 0 Å². The molecule has 28 heavy (non-hydrogen) atoms. The van der Waals surface area contributed by atoms with Gasteiger partial charge in [-0.1, -0.05) is 24.3 Å². The van der Waals surface area contributed by atoms with Crippen molar-refractivity contribution in [1.82, 2.24) is 15.2 Å². The van der Waals surface area contributed by atoms with E-state index in [4.69, 9.17) is 4.74 Å². The number of aromatic amines is 1. The average molecular weight is 380 g/mol. The molecule has 3 aromatic rings. The number of hydrogen-bond donors (Lipinski definition) is 2. The fourth-order valence-corrected chi connectivity index (χ4v) is 3.59. The molecule has 4 rings (SSSR count). The van der Waals surface area contributed by atoms with Gasteiger partial charge in [0.05, 0.1) is 5.41 Å². The Bertz CT molecular complexity index is 978. The molecular weight excluding hydrogens is 359 g/mol. The van der Waals surface area contributed by atoms with E-state index >= 15 is 0 Å². The predicted molar refractivity (Wildman–Crippen MR) is 103 cm³/mol. The van der Waals surface area contributed by atoms with Crippen LogP contribution >= 0.6 is 0 Å². The quantitative estimate of drug-likeness (QED) is 0.725. The number of benzene rings is 2. The highest BCUT2D eigenvalue weighted by Gasteiger charge is 2.41. The van der Waals surface area contributed by atoms with Gasteiger partial charge < -0.3 is 10.1 Å². The van der Waals surface area contributed by atoms with Gasteiger partial charge in [-0.25, -0.2) is 9.37 Å². The number of nitrogens with zero attached hydrogens (tertiary/aromatic N) is 2. The number of ether oxygens (including phenoxy) is 1. The molecule has 6 nitrogen and oxygen atoms in total. The zero-order valence-electron chi connectivity index (χ0n) is 15.5. The molecule has 144 valence electrons. The minimum Gasteiger partial charge on any atom is -0.381 e. The molecule has 1 saturated heterocycles. The van der Waals surface area contributed by atoms with Crippen LogP contribution in [-0.2, 0) is 14.9 Å². The van der Waals surface area contributed by atoms with Crippen molar-refractivity contribution in [2.24, 2.45) is 0 Å². The number of carbonyl (C=O) groups excluding carboxylic acids is 1. The largest absolute Gasteiger partial charge is 0.381 e. The van der Waals surface area contributed by atoms with Crippen molar-refractivity contribution in [2.75, 3.05) is 18.5 Å². The van der Waals surface area contributed by atoms with Gasteiger partial charge in [-0.2, -0.15) is 5.10 Å². The van der Waals surface area contributed by atoms with E-state index in [1.54, 1.807) is 12.1 Å². The first-order valence-electron chi connectivity index (χ1n) is 9.21. The molecule has 2 heterocycles. The van der Waals surface area contributed by atoms with Crippen molar-refractivity contribution in [3.05, 3.63) is 65.7 Å². The number of halogens is 1. The molecule has 1 fully saturated rings. The predicted octanol–water partition coefficient (Wildman–Crippen LogP) is 3.61. The van der Waals surface area contributed by atoms with Crippen molar-refractivity contribution >= 4 is 11.6 Å². The molecule has 1 aliphatic heterocycles. The van der Waals surface area contributed by atoms with E-state index in [1.807, 2.05) is 31.2 Å². The van der Waals surface area contributed by atoms with Crippen LogP contribution in [-0.4, -0.2) is 34.3 Å². The maximum atomic E-state index is 13.4. The van der Waals surface area contributed by atoms with Gasteiger partial charge in [0.2, 0.25) is 5.91 Å². The second-order valence-corrected chi connectivity index (χ2v) is 6.98. The first-order valence-corrected chi connectivity index (χ1v) is 9.21. The Morgan fingerprint density at radius 3 is 2.61 bits per heavy atom. The fourth-order valence-electron chi connectivity index (χ4n) is 3.59. The maximum Gasteiger partial charge on any atom is 0.235 e. The number of carbonyl (C=O) groups is 1. The topological polar surface area (TPSA) is 79.9 Å². The molecule has 0 bridgehead atoms. The van der Waals surface area contributed by atoms with Gasteiger partial charge in [-0.3, -0.25) is 9.89 Å². The second-order valence-electron chi connectivity index (χ2n) is 6.98. The van der Waals surface area contributed by atoms with Crippen LogP contribution < -0.4 is 5.32 Å². The van der Waals surface area contributed by atoms with Crippen LogP contribution in [0.25, 0.3) is 11.4 Å². The van der Waals surface area contributed by atoms with E-state index in [0.717, 1.165) is 17.0 Å². The molecule has 0 saturated carbocycles. The number of rotatable bonds is 4. The Morgan fingerprint density at radius 2 is 1.93 bits per heavy atom. The Kier molecular flexibility index (Phi) is 4.92. The highest BCUT2D eigenvalue weighted by molar-refractivity contribution is 5.99. The van der Waals surface area contributed by atoms with Gasteiger partial charge in [-0.15, -0.1) is 0 Å². The summed E-state index contributed by atoms with van der Waals surface area (Å²) in [6, 6.07) is 13.6. The molecule has 0 radical (unpaired) electrons. The van der Waals surface area contributed by atoms with Crippen LogP contribution in [0.5, 0.6) is 0 Å². The first-order chi connectivity index (χ1) is 13.6. The minimum atomic E-state index is -0.747. The zero-order chi connectivity index (χ0) is 19.6. The summed E-state index contributed by atoms with van der Waals surface area (Å²) in [5.74, 6) is 0.862. The monoisotopic (exact) mass is 380 g/mol. The Labute approximate surface area is 162 Å². The molecule has 1 aliphatic rings. The normalized spacial score (nSPS) is 15.9. The van der Waals surface area contributed by atoms with Crippen molar-refractivity contribution in [3.63, 3.8) is 0 Å². The molecule has 0 atom stereocenters. The molecular formula is C21H21FN4O2. The number of hydrogen-bond acceptors (Lipinski definition) is 4. The van der Waals surface area contributed by atoms with Crippen molar-refractivity contribution in [2.45, 2.75) is 25.2 Å². The summed E-state index contributed by atoms with van der Waals surface area (Å²) < 4.78 is 18.9. The highest BCUT2D eigenvalue weighted by Crippen LogP contribution is 2.36. The van der Waals surface area contributed by atoms with Crippen LogP contribution in [0.15, 0.2) is 48.5 Å². The van der Waals surface area contributed by atoms with Crippen LogP contribution in [0, 0.1) is 12.7 Å². The van der Waals surface area contributed by atoms with E-state index in [0.29, 0.717) is 37.6 Å². The number of anilines is 1. The lowest BCUT2D eigenvalue weighted by atomic mass is 9.73. The lowest BCUT2D eigenvalue weighted by Gasteiger charge is -2.36. The summed E-state index contributed by atoms with van der Waals surface area (Å²) in [6.45, 7) is 2.81. The molecule has 2 N–H and O–H groups in total. The fraction of sp³-hybridized carbons (Fsp3) is 0.286. The van der Waals surface area contributed by atoms with Crippen LogP contribution in [0.2, 0.25) is 0 Å². The van der Waals surface area contributed by atoms with Crippen molar-refractivity contribution < 1.29 is 13.9 Å². The van der Waals surface area contributed by atoms with Gasteiger partial charge in [0.25, 0.3) is 0 Å². The number of nitrogens with one attached hydrogen (secondary N) is 2. The van der Waals surface area contributed by atoms with Crippen molar-refractivity contribution in [3.8, 4) is 11.4 Å². The van der Waals surface area contributed by atoms with E-state index < -0.39 is 5.41 Å². The third kappa shape index (κ3) is 3.53. The summed E-state index contributed by atoms with van der Waals surface area (Å²) in [6.07, 6.45) is 1.09. The van der Waals surface area contributed by atoms with Gasteiger partial charge in [0, 0.05) is 24.5 Å². The third-order valence-corrected chi connectivity index (χ3v) is 5.15. The van der Waals surface area contributed by atoms with Crippen LogP contribution in [0.1, 0.15) is 24.2 Å². The van der Waals surface area contributed by atoms with Crippen LogP contribution in [0.3, 0.4) is 0 Å². The van der Waals surface area contributed by atoms with Gasteiger partial charge in [0.1, 0.15) is 11.6 Å². The Hall–Kier alpha value is -3.06. The number of H-pyrrole nitrogens is 1. The standard InChI is InChI=1S/C21H21FN4O2/c1-14-23-19(26-25-14)15-3-2-4-18(13-15)24-20(27)21(9-11-28-12-10-21)16-5-7-17(22)8-6-16/h2-8,13H,9-12H2,1H3,(H,24,27)(H,23,25,26). The summed E-state index contributed by atoms with van der Waals surface area (Å²) in [5.41, 5.74) is 1.53. The van der Waals surface area contributed by atoms with Crippen LogP contribution in [0.4, 0.5) is 10.1 Å². The van der Waals surface area contributed by atoms with Crippen molar-refractivity contribution in [1.29, 1.82) is 0 Å². The van der Waals surface area contributed by atoms with Gasteiger partial charge in [-0.05, 0) is 49.6 Å². The van der Waals surface area contributed by atoms with E-state index in [-0.39, 0.29) is 11.7 Å². The summed E-state index contributed by atoms with van der Waals surface area (Å²) in [7, 11) is 0. The Balaban J connectivity index is 1.62. The number of aromatic nitrogens is 3. The van der Waals surface area contributed by atoms with Gasteiger partial charge in [0.15, 0.2) is 5.82 Å². The Morgan fingerprint density at radius 1 is 1.18 bits per heavy atom. The number of aryl methyl sites for hydroxylation is 1. The average Bonchev–Trinajstić information content (AvgIpc) is 3.15. The minimum absolute atomic E-state index is 0.120. The summed E-state index contributed by atoms with van der Waals surface area (Å²) in [5, 5.41) is 10.0. The molecule has 1 aromatic heterocycles. The molecule has 2 aromatic carbocycles. The van der Waals surface area contributed by atoms with E-state index in [9.17, 15) is 9.18 Å². The SMILES string of the molecule is Cc1nc(-c2cccc(NC(=O)C3(c4ccc(F)cc4)CCOCC3)c2)n[nH]1. The maximum absolute atomic E-state index is 13.4. The second kappa shape index (κ2) is 7.52. The summed E-state index contributed by atoms with van der Waals surface area (Å²) >= 11 is 0. The zero-order valence-corrected chi connectivity index (χ0v) is 15.5. The van der Waals surface area contributed by atoms with E-state index in [2.05, 4.69) is 20.5 Å². The molecule has 1 amide bonds. The third-order valence-electron chi connectivity index (χ3n) is 5.15. The molecule has 0 spiro atoms.